The molecular weight excluding hydrogens is 315 g/mol. The van der Waals surface area contributed by atoms with Gasteiger partial charge in [0.05, 0.1) is 19.1 Å². The van der Waals surface area contributed by atoms with E-state index in [1.54, 1.807) is 18.2 Å². The number of carbonyl (C=O) groups excluding carboxylic acids is 2. The van der Waals surface area contributed by atoms with Crippen molar-refractivity contribution in [2.75, 3.05) is 26.3 Å². The highest BCUT2D eigenvalue weighted by Crippen LogP contribution is 2.21. The van der Waals surface area contributed by atoms with E-state index in [9.17, 15) is 14.0 Å². The van der Waals surface area contributed by atoms with Gasteiger partial charge in [-0.1, -0.05) is 18.2 Å². The summed E-state index contributed by atoms with van der Waals surface area (Å²) in [5, 5.41) is 2.82. The summed E-state index contributed by atoms with van der Waals surface area (Å²) in [6, 6.07) is 6.36. The number of carbonyl (C=O) groups is 2. The van der Waals surface area contributed by atoms with E-state index in [1.807, 2.05) is 0 Å². The van der Waals surface area contributed by atoms with Crippen LogP contribution in [0.1, 0.15) is 18.4 Å². The van der Waals surface area contributed by atoms with Gasteiger partial charge in [-0.3, -0.25) is 9.59 Å². The summed E-state index contributed by atoms with van der Waals surface area (Å²) in [6.45, 7) is 2.12. The van der Waals surface area contributed by atoms with Crippen molar-refractivity contribution in [2.45, 2.75) is 25.7 Å². The van der Waals surface area contributed by atoms with Gasteiger partial charge in [-0.25, -0.2) is 4.39 Å². The number of amides is 2. The Labute approximate surface area is 139 Å². The molecule has 24 heavy (non-hydrogen) atoms. The Morgan fingerprint density at radius 1 is 1.29 bits per heavy atom. The van der Waals surface area contributed by atoms with Crippen LogP contribution in [0.2, 0.25) is 0 Å². The summed E-state index contributed by atoms with van der Waals surface area (Å²) in [4.78, 5) is 25.8. The number of nitrogens with zero attached hydrogens (tertiary/aromatic N) is 1. The molecule has 2 aliphatic rings. The van der Waals surface area contributed by atoms with Crippen LogP contribution in [-0.2, 0) is 25.6 Å². The number of nitrogens with one attached hydrogen (secondary N) is 1. The highest BCUT2D eigenvalue weighted by molar-refractivity contribution is 5.89. The lowest BCUT2D eigenvalue weighted by Crippen LogP contribution is -2.34. The zero-order valence-corrected chi connectivity index (χ0v) is 13.4. The van der Waals surface area contributed by atoms with E-state index in [-0.39, 0.29) is 36.9 Å². The summed E-state index contributed by atoms with van der Waals surface area (Å²) >= 11 is 0. The Morgan fingerprint density at radius 3 is 2.79 bits per heavy atom. The standard InChI is InChI=1S/C17H21FN2O4/c18-14-4-2-1-3-12(14)10-20-11-13(9-15(20)21)17(22)19-6-5-16-23-7-8-24-16/h1-4,13,16H,5-11H2,(H,19,22)/t13-/m1/s1. The van der Waals surface area contributed by atoms with Crippen LogP contribution in [0.4, 0.5) is 4.39 Å². The molecule has 1 atom stereocenters. The maximum atomic E-state index is 13.7. The Kier molecular flexibility index (Phi) is 5.42. The van der Waals surface area contributed by atoms with Gasteiger partial charge in [0.15, 0.2) is 6.29 Å². The second kappa shape index (κ2) is 7.72. The molecule has 2 amide bonds. The van der Waals surface area contributed by atoms with E-state index < -0.39 is 5.92 Å². The third-order valence-corrected chi connectivity index (χ3v) is 4.27. The first-order chi connectivity index (χ1) is 11.6. The zero-order chi connectivity index (χ0) is 16.9. The number of hydrogen-bond acceptors (Lipinski definition) is 4. The van der Waals surface area contributed by atoms with Crippen molar-refractivity contribution >= 4 is 11.8 Å². The van der Waals surface area contributed by atoms with Gasteiger partial charge in [-0.05, 0) is 6.07 Å². The summed E-state index contributed by atoms with van der Waals surface area (Å²) < 4.78 is 24.3. The topological polar surface area (TPSA) is 67.9 Å². The molecule has 6 nitrogen and oxygen atoms in total. The largest absolute Gasteiger partial charge is 0.356 e. The van der Waals surface area contributed by atoms with E-state index in [4.69, 9.17) is 9.47 Å². The Bertz CT molecular complexity index is 604. The molecule has 0 saturated carbocycles. The fourth-order valence-corrected chi connectivity index (χ4v) is 2.96. The molecule has 2 saturated heterocycles. The van der Waals surface area contributed by atoms with Gasteiger partial charge in [0, 0.05) is 38.0 Å². The van der Waals surface area contributed by atoms with Crippen molar-refractivity contribution in [2.24, 2.45) is 5.92 Å². The van der Waals surface area contributed by atoms with E-state index in [0.29, 0.717) is 38.3 Å². The lowest BCUT2D eigenvalue weighted by Gasteiger charge is -2.17. The minimum absolute atomic E-state index is 0.124. The molecule has 2 fully saturated rings. The van der Waals surface area contributed by atoms with Crippen molar-refractivity contribution in [3.8, 4) is 0 Å². The van der Waals surface area contributed by atoms with Crippen LogP contribution in [0.3, 0.4) is 0 Å². The van der Waals surface area contributed by atoms with Crippen LogP contribution >= 0.6 is 0 Å². The monoisotopic (exact) mass is 336 g/mol. The lowest BCUT2D eigenvalue weighted by atomic mass is 10.1. The number of ether oxygens (including phenoxy) is 2. The lowest BCUT2D eigenvalue weighted by molar-refractivity contribution is -0.129. The fraction of sp³-hybridized carbons (Fsp3) is 0.529. The molecule has 7 heteroatoms. The highest BCUT2D eigenvalue weighted by atomic mass is 19.1. The van der Waals surface area contributed by atoms with Crippen molar-refractivity contribution in [3.63, 3.8) is 0 Å². The molecule has 0 aromatic heterocycles. The molecule has 0 bridgehead atoms. The third-order valence-electron chi connectivity index (χ3n) is 4.27. The average Bonchev–Trinajstić information content (AvgIpc) is 3.20. The van der Waals surface area contributed by atoms with Gasteiger partial charge < -0.3 is 19.7 Å². The van der Waals surface area contributed by atoms with Crippen LogP contribution in [0.5, 0.6) is 0 Å². The van der Waals surface area contributed by atoms with Gasteiger partial charge in [0.25, 0.3) is 0 Å². The van der Waals surface area contributed by atoms with Gasteiger partial charge in [-0.2, -0.15) is 0 Å². The van der Waals surface area contributed by atoms with E-state index in [1.165, 1.54) is 11.0 Å². The molecule has 130 valence electrons. The van der Waals surface area contributed by atoms with Gasteiger partial charge >= 0.3 is 0 Å². The summed E-state index contributed by atoms with van der Waals surface area (Å²) in [5.41, 5.74) is 0.461. The molecule has 2 heterocycles. The quantitative estimate of drug-likeness (QED) is 0.843. The number of likely N-dealkylation sites (tertiary alicyclic amines) is 1. The Morgan fingerprint density at radius 2 is 2.04 bits per heavy atom. The molecule has 1 aromatic carbocycles. The zero-order valence-electron chi connectivity index (χ0n) is 13.4. The number of hydrogen-bond donors (Lipinski definition) is 1. The van der Waals surface area contributed by atoms with Crippen molar-refractivity contribution in [3.05, 3.63) is 35.6 Å². The first kappa shape index (κ1) is 16.9. The minimum Gasteiger partial charge on any atom is -0.356 e. The molecular formula is C17H21FN2O4. The fourth-order valence-electron chi connectivity index (χ4n) is 2.96. The normalized spacial score (nSPS) is 21.5. The SMILES string of the molecule is O=C(NCCC1OCCO1)[C@@H]1CC(=O)N(Cc2ccccc2F)C1. The summed E-state index contributed by atoms with van der Waals surface area (Å²) in [5.74, 6) is -1.01. The Balaban J connectivity index is 1.46. The Hall–Kier alpha value is -1.99. The maximum Gasteiger partial charge on any atom is 0.225 e. The van der Waals surface area contributed by atoms with E-state index in [2.05, 4.69) is 5.32 Å². The van der Waals surface area contributed by atoms with Crippen LogP contribution in [-0.4, -0.2) is 49.3 Å². The van der Waals surface area contributed by atoms with Crippen LogP contribution in [0.25, 0.3) is 0 Å². The third kappa shape index (κ3) is 4.10. The smallest absolute Gasteiger partial charge is 0.225 e. The molecule has 1 N–H and O–H groups in total. The van der Waals surface area contributed by atoms with E-state index in [0.717, 1.165) is 0 Å². The molecule has 1 aromatic rings. The van der Waals surface area contributed by atoms with Crippen LogP contribution in [0, 0.1) is 11.7 Å². The predicted octanol–water partition coefficient (Wildman–Crippen LogP) is 1.05. The van der Waals surface area contributed by atoms with Crippen LogP contribution in [0.15, 0.2) is 24.3 Å². The predicted molar refractivity (Wildman–Crippen MR) is 83.2 cm³/mol. The average molecular weight is 336 g/mol. The minimum atomic E-state index is -0.394. The van der Waals surface area contributed by atoms with Gasteiger partial charge in [0.1, 0.15) is 5.82 Å². The van der Waals surface area contributed by atoms with Crippen molar-refractivity contribution in [1.82, 2.24) is 10.2 Å². The van der Waals surface area contributed by atoms with Crippen LogP contribution < -0.4 is 5.32 Å². The number of halogens is 1. The highest BCUT2D eigenvalue weighted by Gasteiger charge is 2.34. The second-order valence-electron chi connectivity index (χ2n) is 6.02. The first-order valence-corrected chi connectivity index (χ1v) is 8.15. The second-order valence-corrected chi connectivity index (χ2v) is 6.02. The van der Waals surface area contributed by atoms with Crippen molar-refractivity contribution < 1.29 is 23.5 Å². The van der Waals surface area contributed by atoms with Crippen molar-refractivity contribution in [1.29, 1.82) is 0 Å². The molecule has 3 rings (SSSR count). The number of benzene rings is 1. The first-order valence-electron chi connectivity index (χ1n) is 8.15. The molecule has 0 aliphatic carbocycles. The number of rotatable bonds is 6. The van der Waals surface area contributed by atoms with Gasteiger partial charge in [-0.15, -0.1) is 0 Å². The molecule has 0 spiro atoms. The molecule has 0 unspecified atom stereocenters. The van der Waals surface area contributed by atoms with Gasteiger partial charge in [0.2, 0.25) is 11.8 Å². The maximum absolute atomic E-state index is 13.7. The summed E-state index contributed by atoms with van der Waals surface area (Å²) in [6.07, 6.45) is 0.496. The van der Waals surface area contributed by atoms with E-state index >= 15 is 0 Å². The molecule has 0 radical (unpaired) electrons. The molecule has 2 aliphatic heterocycles. The summed E-state index contributed by atoms with van der Waals surface area (Å²) in [7, 11) is 0.